The number of hydrogen-bond acceptors (Lipinski definition) is 2. The lowest BCUT2D eigenvalue weighted by atomic mass is 9.95. The quantitative estimate of drug-likeness (QED) is 0.846. The van der Waals surface area contributed by atoms with Gasteiger partial charge >= 0.3 is 0 Å². The van der Waals surface area contributed by atoms with Gasteiger partial charge in [-0.25, -0.2) is 0 Å². The zero-order chi connectivity index (χ0) is 12.9. The Morgan fingerprint density at radius 3 is 2.59 bits per heavy atom. The number of hydrogen-bond donors (Lipinski definition) is 1. The molecule has 0 aromatic carbocycles. The molecule has 0 spiro atoms. The van der Waals surface area contributed by atoms with E-state index in [9.17, 15) is 4.79 Å². The second-order valence-corrected chi connectivity index (χ2v) is 5.15. The number of pyridine rings is 1. The number of carbonyl (C=O) groups excluding carboxylic acids is 1. The lowest BCUT2D eigenvalue weighted by Crippen LogP contribution is -2.49. The molecule has 0 aliphatic carbocycles. The molecule has 1 aromatic heterocycles. The van der Waals surface area contributed by atoms with E-state index in [1.165, 1.54) is 0 Å². The highest BCUT2D eigenvalue weighted by Crippen LogP contribution is 2.18. The number of nitrogens with one attached hydrogen (secondary N) is 1. The van der Waals surface area contributed by atoms with E-state index in [0.717, 1.165) is 17.3 Å². The topological polar surface area (TPSA) is 42.0 Å². The predicted octanol–water partition coefficient (Wildman–Crippen LogP) is 3.37. The molecular weight excluding hydrogens is 304 g/mol. The largest absolute Gasteiger partial charge is 0.345 e. The highest BCUT2D eigenvalue weighted by Gasteiger charge is 2.27. The van der Waals surface area contributed by atoms with Gasteiger partial charge in [0.1, 0.15) is 0 Å². The van der Waals surface area contributed by atoms with Gasteiger partial charge in [-0.2, -0.15) is 0 Å². The van der Waals surface area contributed by atoms with E-state index in [1.807, 2.05) is 13.8 Å². The summed E-state index contributed by atoms with van der Waals surface area (Å²) < 4.78 is 0.787. The summed E-state index contributed by atoms with van der Waals surface area (Å²) in [7, 11) is 0. The standard InChI is InChI=1S/C12H16BrClN2O/c1-3-12(4-2,8-14)16-11(17)9-5-10(13)7-15-6-9/h5-7H,3-4,8H2,1-2H3,(H,16,17). The fourth-order valence-electron chi connectivity index (χ4n) is 1.50. The second-order valence-electron chi connectivity index (χ2n) is 3.97. The first kappa shape index (κ1) is 14.5. The third kappa shape index (κ3) is 3.68. The Bertz CT molecular complexity index is 386. The van der Waals surface area contributed by atoms with Crippen LogP contribution in [0.25, 0.3) is 0 Å². The third-order valence-electron chi connectivity index (χ3n) is 2.96. The lowest BCUT2D eigenvalue weighted by molar-refractivity contribution is 0.0902. The number of carbonyl (C=O) groups is 1. The number of aromatic nitrogens is 1. The van der Waals surface area contributed by atoms with Crippen molar-refractivity contribution >= 4 is 33.4 Å². The van der Waals surface area contributed by atoms with Gasteiger partial charge in [0, 0.05) is 22.7 Å². The monoisotopic (exact) mass is 318 g/mol. The molecule has 0 aliphatic rings. The number of amides is 1. The van der Waals surface area contributed by atoms with Crippen molar-refractivity contribution in [3.8, 4) is 0 Å². The second kappa shape index (κ2) is 6.36. The SMILES string of the molecule is CCC(CC)(CCl)NC(=O)c1cncc(Br)c1. The molecule has 0 radical (unpaired) electrons. The van der Waals surface area contributed by atoms with Gasteiger partial charge in [0.15, 0.2) is 0 Å². The van der Waals surface area contributed by atoms with Gasteiger partial charge in [0.2, 0.25) is 0 Å². The smallest absolute Gasteiger partial charge is 0.253 e. The van der Waals surface area contributed by atoms with Gasteiger partial charge in [0.05, 0.1) is 11.1 Å². The minimum Gasteiger partial charge on any atom is -0.345 e. The van der Waals surface area contributed by atoms with E-state index < -0.39 is 0 Å². The summed E-state index contributed by atoms with van der Waals surface area (Å²) in [5, 5.41) is 2.99. The van der Waals surface area contributed by atoms with Crippen LogP contribution in [0.15, 0.2) is 22.9 Å². The maximum atomic E-state index is 12.1. The summed E-state index contributed by atoms with van der Waals surface area (Å²) in [5.74, 6) is 0.274. The zero-order valence-corrected chi connectivity index (χ0v) is 12.3. The molecule has 0 aliphatic heterocycles. The Balaban J connectivity index is 2.84. The Labute approximate surface area is 115 Å². The Hall–Kier alpha value is -0.610. The van der Waals surface area contributed by atoms with E-state index in [1.54, 1.807) is 18.5 Å². The minimum absolute atomic E-state index is 0.136. The molecule has 17 heavy (non-hydrogen) atoms. The van der Waals surface area contributed by atoms with Crippen molar-refractivity contribution < 1.29 is 4.79 Å². The minimum atomic E-state index is -0.332. The van der Waals surface area contributed by atoms with E-state index in [0.29, 0.717) is 11.4 Å². The van der Waals surface area contributed by atoms with Crippen molar-refractivity contribution in [1.29, 1.82) is 0 Å². The van der Waals surface area contributed by atoms with Crippen molar-refractivity contribution in [3.05, 3.63) is 28.5 Å². The molecule has 3 nitrogen and oxygen atoms in total. The van der Waals surface area contributed by atoms with Gasteiger partial charge in [-0.1, -0.05) is 13.8 Å². The first-order valence-electron chi connectivity index (χ1n) is 5.56. The van der Waals surface area contributed by atoms with Crippen LogP contribution < -0.4 is 5.32 Å². The number of nitrogens with zero attached hydrogens (tertiary/aromatic N) is 1. The average molecular weight is 320 g/mol. The van der Waals surface area contributed by atoms with E-state index >= 15 is 0 Å². The maximum absolute atomic E-state index is 12.1. The molecule has 5 heteroatoms. The van der Waals surface area contributed by atoms with Gasteiger partial charge in [-0.05, 0) is 34.8 Å². The summed E-state index contributed by atoms with van der Waals surface area (Å²) >= 11 is 9.24. The van der Waals surface area contributed by atoms with Crippen LogP contribution in [0, 0.1) is 0 Å². The van der Waals surface area contributed by atoms with Gasteiger partial charge < -0.3 is 5.32 Å². The lowest BCUT2D eigenvalue weighted by Gasteiger charge is -2.30. The summed E-state index contributed by atoms with van der Waals surface area (Å²) in [6, 6.07) is 1.74. The van der Waals surface area contributed by atoms with Crippen LogP contribution in [0.3, 0.4) is 0 Å². The number of halogens is 2. The van der Waals surface area contributed by atoms with Gasteiger partial charge in [-0.15, -0.1) is 11.6 Å². The van der Waals surface area contributed by atoms with Crippen molar-refractivity contribution in [2.75, 3.05) is 5.88 Å². The maximum Gasteiger partial charge on any atom is 0.253 e. The molecule has 1 amide bonds. The molecule has 0 fully saturated rings. The van der Waals surface area contributed by atoms with Crippen LogP contribution in [-0.4, -0.2) is 22.3 Å². The van der Waals surface area contributed by atoms with Crippen LogP contribution in [0.2, 0.25) is 0 Å². The molecule has 1 heterocycles. The zero-order valence-electron chi connectivity index (χ0n) is 9.96. The summed E-state index contributed by atoms with van der Waals surface area (Å²) in [6.45, 7) is 4.04. The van der Waals surface area contributed by atoms with Gasteiger partial charge in [-0.3, -0.25) is 9.78 Å². The van der Waals surface area contributed by atoms with E-state index in [-0.39, 0.29) is 11.4 Å². The molecule has 0 saturated carbocycles. The molecule has 0 unspecified atom stereocenters. The van der Waals surface area contributed by atoms with Crippen molar-refractivity contribution in [2.24, 2.45) is 0 Å². The van der Waals surface area contributed by atoms with Crippen LogP contribution >= 0.6 is 27.5 Å². The molecule has 0 saturated heterocycles. The van der Waals surface area contributed by atoms with E-state index in [4.69, 9.17) is 11.6 Å². The Kier molecular flexibility index (Phi) is 5.40. The Morgan fingerprint density at radius 1 is 1.47 bits per heavy atom. The van der Waals surface area contributed by atoms with Crippen LogP contribution in [0.1, 0.15) is 37.0 Å². The number of rotatable bonds is 5. The fourth-order valence-corrected chi connectivity index (χ4v) is 2.31. The highest BCUT2D eigenvalue weighted by atomic mass is 79.9. The van der Waals surface area contributed by atoms with Crippen LogP contribution in [0.5, 0.6) is 0 Å². The van der Waals surface area contributed by atoms with Crippen LogP contribution in [-0.2, 0) is 0 Å². The van der Waals surface area contributed by atoms with Gasteiger partial charge in [0.25, 0.3) is 5.91 Å². The van der Waals surface area contributed by atoms with Crippen LogP contribution in [0.4, 0.5) is 0 Å². The molecule has 1 N–H and O–H groups in total. The first-order chi connectivity index (χ1) is 8.06. The third-order valence-corrected chi connectivity index (χ3v) is 3.90. The summed E-state index contributed by atoms with van der Waals surface area (Å²) in [5.41, 5.74) is 0.205. The highest BCUT2D eigenvalue weighted by molar-refractivity contribution is 9.10. The predicted molar refractivity (Wildman–Crippen MR) is 73.4 cm³/mol. The fraction of sp³-hybridized carbons (Fsp3) is 0.500. The normalized spacial score (nSPS) is 11.3. The summed E-state index contributed by atoms with van der Waals surface area (Å²) in [4.78, 5) is 16.0. The number of alkyl halides is 1. The van der Waals surface area contributed by atoms with E-state index in [2.05, 4.69) is 26.2 Å². The Morgan fingerprint density at radius 2 is 2.12 bits per heavy atom. The average Bonchev–Trinajstić information content (AvgIpc) is 2.36. The molecular formula is C12H16BrClN2O. The molecule has 0 bridgehead atoms. The first-order valence-corrected chi connectivity index (χ1v) is 6.88. The van der Waals surface area contributed by atoms with Crippen molar-refractivity contribution in [1.82, 2.24) is 10.3 Å². The molecule has 94 valence electrons. The molecule has 0 atom stereocenters. The summed E-state index contributed by atoms with van der Waals surface area (Å²) in [6.07, 6.45) is 4.80. The molecule has 1 aromatic rings. The van der Waals surface area contributed by atoms with Crippen molar-refractivity contribution in [2.45, 2.75) is 32.2 Å². The molecule has 1 rings (SSSR count). The van der Waals surface area contributed by atoms with Crippen molar-refractivity contribution in [3.63, 3.8) is 0 Å².